The first-order chi connectivity index (χ1) is 11.7. The first-order valence-corrected chi connectivity index (χ1v) is 7.04. The number of rotatable bonds is 4. The van der Waals surface area contributed by atoms with E-state index in [1.54, 1.807) is 18.2 Å². The molecular weight excluding hydrogens is 340 g/mol. The second kappa shape index (κ2) is 7.32. The van der Waals surface area contributed by atoms with Gasteiger partial charge in [-0.1, -0.05) is 30.3 Å². The summed E-state index contributed by atoms with van der Waals surface area (Å²) in [5, 5.41) is 20.8. The zero-order valence-corrected chi connectivity index (χ0v) is 12.6. The van der Waals surface area contributed by atoms with Crippen LogP contribution in [0.15, 0.2) is 42.5 Å². The van der Waals surface area contributed by atoms with Gasteiger partial charge < -0.3 is 10.4 Å². The Morgan fingerprint density at radius 1 is 1.24 bits per heavy atom. The van der Waals surface area contributed by atoms with E-state index < -0.39 is 47.2 Å². The van der Waals surface area contributed by atoms with Crippen LogP contribution in [0.1, 0.15) is 28.4 Å². The van der Waals surface area contributed by atoms with Crippen molar-refractivity contribution in [3.8, 4) is 6.07 Å². The van der Waals surface area contributed by atoms with Crippen LogP contribution in [0.5, 0.6) is 0 Å². The van der Waals surface area contributed by atoms with E-state index in [-0.39, 0.29) is 5.56 Å². The Morgan fingerprint density at radius 2 is 1.88 bits per heavy atom. The van der Waals surface area contributed by atoms with E-state index in [1.807, 2.05) is 0 Å². The van der Waals surface area contributed by atoms with E-state index in [2.05, 4.69) is 5.32 Å². The number of alkyl halides is 3. The maximum Gasteiger partial charge on any atom is 0.416 e. The van der Waals surface area contributed by atoms with Crippen LogP contribution < -0.4 is 5.32 Å². The topological polar surface area (TPSA) is 73.1 Å². The fourth-order valence-electron chi connectivity index (χ4n) is 2.12. The maximum absolute atomic E-state index is 14.0. The predicted octanol–water partition coefficient (Wildman–Crippen LogP) is 3.07. The average molecular weight is 352 g/mol. The van der Waals surface area contributed by atoms with Crippen molar-refractivity contribution in [2.75, 3.05) is 0 Å². The molecule has 1 atom stereocenters. The summed E-state index contributed by atoms with van der Waals surface area (Å²) in [6.45, 7) is -0.604. The number of halogens is 4. The number of amides is 1. The Labute approximate surface area is 140 Å². The normalized spacial score (nSPS) is 12.3. The highest BCUT2D eigenvalue weighted by atomic mass is 19.4. The summed E-state index contributed by atoms with van der Waals surface area (Å²) in [6, 6.07) is 10.1. The molecule has 2 aromatic carbocycles. The third kappa shape index (κ3) is 4.33. The fourth-order valence-corrected chi connectivity index (χ4v) is 2.12. The lowest BCUT2D eigenvalue weighted by molar-refractivity contribution is -0.137. The molecule has 0 aromatic heterocycles. The molecule has 2 rings (SSSR count). The van der Waals surface area contributed by atoms with Gasteiger partial charge in [-0.15, -0.1) is 0 Å². The van der Waals surface area contributed by atoms with Crippen LogP contribution in [0, 0.1) is 17.1 Å². The minimum absolute atomic E-state index is 0.280. The highest BCUT2D eigenvalue weighted by Gasteiger charge is 2.32. The zero-order valence-electron chi connectivity index (χ0n) is 12.6. The van der Waals surface area contributed by atoms with Gasteiger partial charge in [0.25, 0.3) is 5.91 Å². The predicted molar refractivity (Wildman–Crippen MR) is 79.4 cm³/mol. The number of hydrogen-bond donors (Lipinski definition) is 2. The van der Waals surface area contributed by atoms with Gasteiger partial charge in [0, 0.05) is 12.1 Å². The van der Waals surface area contributed by atoms with Gasteiger partial charge in [-0.05, 0) is 17.7 Å². The molecule has 0 saturated carbocycles. The summed E-state index contributed by atoms with van der Waals surface area (Å²) >= 11 is 0. The number of aliphatic hydroxyl groups excluding tert-OH is 1. The van der Waals surface area contributed by atoms with Crippen molar-refractivity contribution in [3.63, 3.8) is 0 Å². The third-order valence-electron chi connectivity index (χ3n) is 3.41. The number of carbonyl (C=O) groups excluding carboxylic acids is 1. The summed E-state index contributed by atoms with van der Waals surface area (Å²) in [5.74, 6) is -2.05. The van der Waals surface area contributed by atoms with Gasteiger partial charge in [0.2, 0.25) is 0 Å². The summed E-state index contributed by atoms with van der Waals surface area (Å²) in [4.78, 5) is 11.9. The van der Waals surface area contributed by atoms with Gasteiger partial charge in [-0.25, -0.2) is 4.39 Å². The molecule has 0 aliphatic rings. The van der Waals surface area contributed by atoms with Crippen molar-refractivity contribution in [1.29, 1.82) is 5.26 Å². The number of benzene rings is 2. The largest absolute Gasteiger partial charge is 0.416 e. The molecule has 4 nitrogen and oxygen atoms in total. The summed E-state index contributed by atoms with van der Waals surface area (Å²) in [6.07, 6.45) is -6.31. The number of hydrogen-bond acceptors (Lipinski definition) is 3. The fraction of sp³-hybridized carbons (Fsp3) is 0.176. The molecule has 0 spiro atoms. The molecule has 0 radical (unpaired) electrons. The maximum atomic E-state index is 14.0. The molecule has 0 aliphatic carbocycles. The van der Waals surface area contributed by atoms with E-state index in [1.165, 1.54) is 18.2 Å². The summed E-state index contributed by atoms with van der Waals surface area (Å²) in [5.41, 5.74) is -2.19. The SMILES string of the molecule is N#Cc1cc(C(F)(F)F)cc(CNC(=O)C(O)c2ccccc2)c1F. The van der Waals surface area contributed by atoms with E-state index in [0.717, 1.165) is 0 Å². The molecule has 1 unspecified atom stereocenters. The van der Waals surface area contributed by atoms with Gasteiger partial charge in [-0.3, -0.25) is 4.79 Å². The van der Waals surface area contributed by atoms with Crippen molar-refractivity contribution in [2.45, 2.75) is 18.8 Å². The number of aliphatic hydroxyl groups is 1. The van der Waals surface area contributed by atoms with E-state index in [4.69, 9.17) is 5.26 Å². The van der Waals surface area contributed by atoms with Gasteiger partial charge in [0.05, 0.1) is 11.1 Å². The Bertz CT molecular complexity index is 814. The van der Waals surface area contributed by atoms with Crippen molar-refractivity contribution in [3.05, 3.63) is 70.5 Å². The molecule has 130 valence electrons. The minimum Gasteiger partial charge on any atom is -0.378 e. The monoisotopic (exact) mass is 352 g/mol. The zero-order chi connectivity index (χ0) is 18.6. The summed E-state index contributed by atoms with van der Waals surface area (Å²) < 4.78 is 52.4. The van der Waals surface area contributed by atoms with E-state index in [9.17, 15) is 27.5 Å². The highest BCUT2D eigenvalue weighted by Crippen LogP contribution is 2.31. The second-order valence-electron chi connectivity index (χ2n) is 5.14. The molecular formula is C17H12F4N2O2. The average Bonchev–Trinajstić information content (AvgIpc) is 2.59. The molecule has 8 heteroatoms. The van der Waals surface area contributed by atoms with E-state index >= 15 is 0 Å². The molecule has 0 fully saturated rings. The van der Waals surface area contributed by atoms with Crippen LogP contribution in [-0.2, 0) is 17.5 Å². The van der Waals surface area contributed by atoms with Gasteiger partial charge in [-0.2, -0.15) is 18.4 Å². The molecule has 0 heterocycles. The Kier molecular flexibility index (Phi) is 5.39. The second-order valence-corrected chi connectivity index (χ2v) is 5.14. The van der Waals surface area contributed by atoms with E-state index in [0.29, 0.717) is 12.1 Å². The Morgan fingerprint density at radius 3 is 2.44 bits per heavy atom. The van der Waals surface area contributed by atoms with Crippen molar-refractivity contribution in [1.82, 2.24) is 5.32 Å². The molecule has 25 heavy (non-hydrogen) atoms. The van der Waals surface area contributed by atoms with Crippen molar-refractivity contribution in [2.24, 2.45) is 0 Å². The summed E-state index contributed by atoms with van der Waals surface area (Å²) in [7, 11) is 0. The lowest BCUT2D eigenvalue weighted by Crippen LogP contribution is -2.29. The third-order valence-corrected chi connectivity index (χ3v) is 3.41. The van der Waals surface area contributed by atoms with Gasteiger partial charge in [0.15, 0.2) is 6.10 Å². The standard InChI is InChI=1S/C17H12F4N2O2/c18-14-11(8-22)6-13(17(19,20)21)7-12(14)9-23-16(25)15(24)10-4-2-1-3-5-10/h1-7,15,24H,9H2,(H,23,25). The molecule has 0 bridgehead atoms. The molecule has 1 amide bonds. The molecule has 2 aromatic rings. The molecule has 2 N–H and O–H groups in total. The minimum atomic E-state index is -4.76. The number of nitrogens with zero attached hydrogens (tertiary/aromatic N) is 1. The molecule has 0 aliphatic heterocycles. The van der Waals surface area contributed by atoms with Crippen LogP contribution in [0.4, 0.5) is 17.6 Å². The Balaban J connectivity index is 2.20. The van der Waals surface area contributed by atoms with Crippen LogP contribution in [-0.4, -0.2) is 11.0 Å². The number of nitrogens with one attached hydrogen (secondary N) is 1. The van der Waals surface area contributed by atoms with Gasteiger partial charge in [0.1, 0.15) is 11.9 Å². The smallest absolute Gasteiger partial charge is 0.378 e. The lowest BCUT2D eigenvalue weighted by atomic mass is 10.0. The lowest BCUT2D eigenvalue weighted by Gasteiger charge is -2.14. The number of nitriles is 1. The van der Waals surface area contributed by atoms with Crippen LogP contribution >= 0.6 is 0 Å². The number of carbonyl (C=O) groups is 1. The first kappa shape index (κ1) is 18.4. The quantitative estimate of drug-likeness (QED) is 0.831. The highest BCUT2D eigenvalue weighted by molar-refractivity contribution is 5.81. The van der Waals surface area contributed by atoms with Crippen LogP contribution in [0.3, 0.4) is 0 Å². The van der Waals surface area contributed by atoms with Crippen LogP contribution in [0.25, 0.3) is 0 Å². The molecule has 0 saturated heterocycles. The van der Waals surface area contributed by atoms with Gasteiger partial charge >= 0.3 is 6.18 Å². The Hall–Kier alpha value is -2.92. The first-order valence-electron chi connectivity index (χ1n) is 7.04. The van der Waals surface area contributed by atoms with Crippen LogP contribution in [0.2, 0.25) is 0 Å². The van der Waals surface area contributed by atoms with Crippen molar-refractivity contribution >= 4 is 5.91 Å². The van der Waals surface area contributed by atoms with Crippen molar-refractivity contribution < 1.29 is 27.5 Å².